The molecular weight excluding hydrogens is 470 g/mol. The van der Waals surface area contributed by atoms with Gasteiger partial charge in [-0.25, -0.2) is 0 Å². The second-order valence-corrected chi connectivity index (χ2v) is 10.8. The van der Waals surface area contributed by atoms with Crippen LogP contribution in [0.2, 0.25) is 0 Å². The molecule has 0 aliphatic carbocycles. The number of aliphatic hydroxyl groups excluding tert-OH is 1. The summed E-state index contributed by atoms with van der Waals surface area (Å²) in [7, 11) is 0. The van der Waals surface area contributed by atoms with Crippen LogP contribution < -0.4 is 9.80 Å². The molecule has 1 N–H and O–H groups in total. The van der Waals surface area contributed by atoms with Gasteiger partial charge in [-0.15, -0.1) is 0 Å². The van der Waals surface area contributed by atoms with Gasteiger partial charge in [-0.1, -0.05) is 37.3 Å². The van der Waals surface area contributed by atoms with Gasteiger partial charge in [0, 0.05) is 36.7 Å². The normalized spacial score (nSPS) is 28.8. The molecule has 3 amide bonds. The third kappa shape index (κ3) is 3.85. The summed E-state index contributed by atoms with van der Waals surface area (Å²) in [5.41, 5.74) is 2.37. The molecule has 0 aromatic heterocycles. The third-order valence-corrected chi connectivity index (χ3v) is 8.54. The lowest BCUT2D eigenvalue weighted by atomic mass is 9.83. The van der Waals surface area contributed by atoms with Crippen molar-refractivity contribution in [2.45, 2.75) is 63.3 Å². The van der Waals surface area contributed by atoms with Gasteiger partial charge in [-0.3, -0.25) is 14.4 Å². The zero-order valence-corrected chi connectivity index (χ0v) is 21.1. The van der Waals surface area contributed by atoms with Crippen molar-refractivity contribution in [3.05, 3.63) is 59.7 Å². The molecule has 8 nitrogen and oxygen atoms in total. The summed E-state index contributed by atoms with van der Waals surface area (Å²) >= 11 is 0. The van der Waals surface area contributed by atoms with Crippen LogP contribution >= 0.6 is 0 Å². The first-order chi connectivity index (χ1) is 17.9. The van der Waals surface area contributed by atoms with Crippen LogP contribution in [0.5, 0.6) is 0 Å². The molecule has 2 aromatic carbocycles. The number of rotatable bonds is 6. The second-order valence-electron chi connectivity index (χ2n) is 10.8. The maximum absolute atomic E-state index is 14.1. The Kier molecular flexibility index (Phi) is 6.04. The molecule has 0 bridgehead atoms. The van der Waals surface area contributed by atoms with Crippen molar-refractivity contribution in [1.82, 2.24) is 4.90 Å². The lowest BCUT2D eigenvalue weighted by molar-refractivity contribution is -0.150. The van der Waals surface area contributed by atoms with Crippen LogP contribution in [0.1, 0.15) is 50.2 Å². The standard InChI is InChI=1S/C29H33N3O5/c1-19-14-23(16-27(35)30-12-5-8-22(30)18-33)37-29(19)24-9-2-3-10-25(24)32(28(29)36)17-20-6-4-7-21(15-20)31-13-11-26(31)34/h2-4,6-7,9-10,15,19,22-23,33H,5,8,11-14,16-18H2,1H3/t19-,22+,23-,29+/m1/s1. The number of amides is 3. The van der Waals surface area contributed by atoms with Gasteiger partial charge < -0.3 is 24.5 Å². The average molecular weight is 504 g/mol. The molecule has 2 aromatic rings. The molecule has 3 fully saturated rings. The first kappa shape index (κ1) is 24.1. The molecule has 6 rings (SSSR count). The number of fused-ring (bicyclic) bond motifs is 2. The monoisotopic (exact) mass is 503 g/mol. The largest absolute Gasteiger partial charge is 0.394 e. The predicted octanol–water partition coefficient (Wildman–Crippen LogP) is 2.96. The summed E-state index contributed by atoms with van der Waals surface area (Å²) in [6.07, 6.45) is 2.76. The highest BCUT2D eigenvalue weighted by molar-refractivity contribution is 6.07. The Labute approximate surface area is 216 Å². The maximum atomic E-state index is 14.1. The van der Waals surface area contributed by atoms with E-state index in [4.69, 9.17) is 4.74 Å². The number of nitrogens with zero attached hydrogens (tertiary/aromatic N) is 3. The minimum absolute atomic E-state index is 0.0151. The molecule has 0 unspecified atom stereocenters. The van der Waals surface area contributed by atoms with E-state index in [9.17, 15) is 19.5 Å². The van der Waals surface area contributed by atoms with Crippen molar-refractivity contribution in [3.63, 3.8) is 0 Å². The Bertz CT molecular complexity index is 1250. The van der Waals surface area contributed by atoms with E-state index in [2.05, 4.69) is 0 Å². The van der Waals surface area contributed by atoms with E-state index in [0.29, 0.717) is 25.9 Å². The Morgan fingerprint density at radius 1 is 1.14 bits per heavy atom. The summed E-state index contributed by atoms with van der Waals surface area (Å²) in [6.45, 7) is 3.77. The van der Waals surface area contributed by atoms with Crippen molar-refractivity contribution in [2.24, 2.45) is 5.92 Å². The van der Waals surface area contributed by atoms with Gasteiger partial charge in [0.25, 0.3) is 5.91 Å². The minimum Gasteiger partial charge on any atom is -0.394 e. The SMILES string of the molecule is C[C@@H]1C[C@H](CC(=O)N2CCC[C@H]2CO)O[C@@]12C(=O)N(Cc1cccc(N3CCC3=O)c1)c1ccccc12. The van der Waals surface area contributed by atoms with Crippen molar-refractivity contribution in [1.29, 1.82) is 0 Å². The number of aliphatic hydroxyl groups is 1. The van der Waals surface area contributed by atoms with Crippen molar-refractivity contribution < 1.29 is 24.2 Å². The zero-order valence-electron chi connectivity index (χ0n) is 21.1. The molecule has 0 saturated carbocycles. The fourth-order valence-electron chi connectivity index (χ4n) is 6.57. The van der Waals surface area contributed by atoms with E-state index in [-0.39, 0.29) is 48.8 Å². The quantitative estimate of drug-likeness (QED) is 0.613. The van der Waals surface area contributed by atoms with Crippen LogP contribution in [0, 0.1) is 5.92 Å². The number of β-lactam (4-membered cyclic amide) rings is 1. The Morgan fingerprint density at radius 2 is 1.97 bits per heavy atom. The number of anilines is 2. The molecule has 4 aliphatic rings. The van der Waals surface area contributed by atoms with Gasteiger partial charge >= 0.3 is 0 Å². The molecule has 4 aliphatic heterocycles. The molecule has 4 heterocycles. The van der Waals surface area contributed by atoms with Gasteiger partial charge in [0.2, 0.25) is 11.8 Å². The smallest absolute Gasteiger partial charge is 0.264 e. The number of benzene rings is 2. The fraction of sp³-hybridized carbons (Fsp3) is 0.483. The molecule has 3 saturated heterocycles. The summed E-state index contributed by atoms with van der Waals surface area (Å²) in [6, 6.07) is 15.5. The highest BCUT2D eigenvalue weighted by Gasteiger charge is 2.60. The second kappa shape index (κ2) is 9.26. The van der Waals surface area contributed by atoms with Crippen LogP contribution in [0.25, 0.3) is 0 Å². The highest BCUT2D eigenvalue weighted by Crippen LogP contribution is 2.53. The van der Waals surface area contributed by atoms with E-state index in [0.717, 1.165) is 41.9 Å². The number of hydrogen-bond donors (Lipinski definition) is 1. The maximum Gasteiger partial charge on any atom is 0.264 e. The molecule has 194 valence electrons. The number of para-hydroxylation sites is 1. The Morgan fingerprint density at radius 3 is 2.73 bits per heavy atom. The van der Waals surface area contributed by atoms with Gasteiger partial charge in [0.1, 0.15) is 0 Å². The van der Waals surface area contributed by atoms with E-state index >= 15 is 0 Å². The Hall–Kier alpha value is -3.23. The van der Waals surface area contributed by atoms with Gasteiger partial charge in [-0.05, 0) is 43.0 Å². The van der Waals surface area contributed by atoms with Gasteiger partial charge in [0.15, 0.2) is 5.60 Å². The number of hydrogen-bond acceptors (Lipinski definition) is 5. The molecule has 4 atom stereocenters. The molecular formula is C29H33N3O5. The third-order valence-electron chi connectivity index (χ3n) is 8.54. The van der Waals surface area contributed by atoms with E-state index in [1.165, 1.54) is 0 Å². The number of carbonyl (C=O) groups excluding carboxylic acids is 3. The van der Waals surface area contributed by atoms with Crippen molar-refractivity contribution >= 4 is 29.1 Å². The van der Waals surface area contributed by atoms with Crippen LogP contribution in [0.15, 0.2) is 48.5 Å². The van der Waals surface area contributed by atoms with E-state index < -0.39 is 5.60 Å². The number of carbonyl (C=O) groups is 3. The highest BCUT2D eigenvalue weighted by atomic mass is 16.5. The average Bonchev–Trinajstić information content (AvgIpc) is 3.56. The predicted molar refractivity (Wildman–Crippen MR) is 138 cm³/mol. The molecule has 37 heavy (non-hydrogen) atoms. The summed E-state index contributed by atoms with van der Waals surface area (Å²) < 4.78 is 6.58. The lowest BCUT2D eigenvalue weighted by Gasteiger charge is -2.31. The van der Waals surface area contributed by atoms with Crippen molar-refractivity contribution in [2.75, 3.05) is 29.5 Å². The molecule has 1 spiro atoms. The minimum atomic E-state index is -1.12. The van der Waals surface area contributed by atoms with Gasteiger partial charge in [-0.2, -0.15) is 0 Å². The number of likely N-dealkylation sites (tertiary alicyclic amines) is 1. The lowest BCUT2D eigenvalue weighted by Crippen LogP contribution is -2.44. The topological polar surface area (TPSA) is 90.4 Å². The van der Waals surface area contributed by atoms with Crippen LogP contribution in [0.3, 0.4) is 0 Å². The van der Waals surface area contributed by atoms with Crippen molar-refractivity contribution in [3.8, 4) is 0 Å². The van der Waals surface area contributed by atoms with Crippen LogP contribution in [-0.2, 0) is 31.3 Å². The van der Waals surface area contributed by atoms with E-state index in [1.807, 2.05) is 55.5 Å². The van der Waals surface area contributed by atoms with Gasteiger partial charge in [0.05, 0.1) is 37.4 Å². The first-order valence-electron chi connectivity index (χ1n) is 13.3. The summed E-state index contributed by atoms with van der Waals surface area (Å²) in [5.74, 6) is -0.0948. The molecule has 0 radical (unpaired) electrons. The summed E-state index contributed by atoms with van der Waals surface area (Å²) in [5, 5.41) is 9.63. The van der Waals surface area contributed by atoms with Crippen LogP contribution in [-0.4, -0.2) is 59.6 Å². The molecule has 8 heteroatoms. The Balaban J connectivity index is 1.25. The number of ether oxygens (including phenoxy) is 1. The zero-order chi connectivity index (χ0) is 25.7. The van der Waals surface area contributed by atoms with E-state index in [1.54, 1.807) is 14.7 Å². The van der Waals surface area contributed by atoms with Crippen LogP contribution in [0.4, 0.5) is 11.4 Å². The first-order valence-corrected chi connectivity index (χ1v) is 13.3. The fourth-order valence-corrected chi connectivity index (χ4v) is 6.57. The summed E-state index contributed by atoms with van der Waals surface area (Å²) in [4.78, 5) is 44.5.